The first-order valence-electron chi connectivity index (χ1n) is 6.51. The maximum absolute atomic E-state index is 12.1. The molecule has 21 heavy (non-hydrogen) atoms. The molecule has 0 spiro atoms. The Balaban J connectivity index is 2.04. The van der Waals surface area contributed by atoms with Crippen LogP contribution in [0.15, 0.2) is 18.6 Å². The highest BCUT2D eigenvalue weighted by Gasteiger charge is 2.27. The summed E-state index contributed by atoms with van der Waals surface area (Å²) in [6.45, 7) is 2.98. The summed E-state index contributed by atoms with van der Waals surface area (Å²) >= 11 is -0.0548. The van der Waals surface area contributed by atoms with Gasteiger partial charge in [0.1, 0.15) is 5.82 Å². The molecule has 116 valence electrons. The van der Waals surface area contributed by atoms with Crippen LogP contribution in [-0.2, 0) is 0 Å². The minimum atomic E-state index is -4.21. The molecule has 0 aromatic carbocycles. The number of halogens is 3. The number of anilines is 2. The number of nitrogens with zero attached hydrogens (tertiary/aromatic N) is 3. The van der Waals surface area contributed by atoms with Gasteiger partial charge in [0.25, 0.3) is 0 Å². The Hall–Kier alpha value is -1.64. The minimum absolute atomic E-state index is 0.0548. The van der Waals surface area contributed by atoms with Crippen molar-refractivity contribution in [2.24, 2.45) is 0 Å². The van der Waals surface area contributed by atoms with Crippen molar-refractivity contribution in [2.75, 3.05) is 29.5 Å². The van der Waals surface area contributed by atoms with Crippen LogP contribution in [0.1, 0.15) is 13.3 Å². The van der Waals surface area contributed by atoms with E-state index in [2.05, 4.69) is 20.6 Å². The molecule has 0 amide bonds. The summed E-state index contributed by atoms with van der Waals surface area (Å²) in [5, 5.41) is 6.05. The summed E-state index contributed by atoms with van der Waals surface area (Å²) in [5.74, 6) is 1.06. The number of thioether (sulfide) groups is 1. The Bertz CT molecular complexity index is 584. The fraction of sp³-hybridized carbons (Fsp3) is 0.500. The van der Waals surface area contributed by atoms with Gasteiger partial charge in [0.05, 0.1) is 6.20 Å². The average molecular weight is 319 g/mol. The van der Waals surface area contributed by atoms with Gasteiger partial charge in [-0.25, -0.2) is 9.97 Å². The van der Waals surface area contributed by atoms with Gasteiger partial charge in [-0.2, -0.15) is 13.2 Å². The van der Waals surface area contributed by atoms with Gasteiger partial charge >= 0.3 is 5.51 Å². The fourth-order valence-corrected chi connectivity index (χ4v) is 2.16. The van der Waals surface area contributed by atoms with E-state index in [1.807, 2.05) is 6.92 Å². The number of aromatic nitrogens is 3. The van der Waals surface area contributed by atoms with Crippen LogP contribution in [-0.4, -0.2) is 38.7 Å². The third-order valence-electron chi connectivity index (χ3n) is 2.59. The van der Waals surface area contributed by atoms with Gasteiger partial charge in [-0.15, -0.1) is 0 Å². The van der Waals surface area contributed by atoms with Crippen LogP contribution in [0.4, 0.5) is 24.8 Å². The monoisotopic (exact) mass is 319 g/mol. The quantitative estimate of drug-likeness (QED) is 0.768. The van der Waals surface area contributed by atoms with E-state index in [9.17, 15) is 13.2 Å². The molecule has 0 fully saturated rings. The van der Waals surface area contributed by atoms with Crippen LogP contribution < -0.4 is 10.6 Å². The maximum atomic E-state index is 12.1. The maximum Gasteiger partial charge on any atom is 0.441 e. The summed E-state index contributed by atoms with van der Waals surface area (Å²) in [4.78, 5) is 8.50. The Morgan fingerprint density at radius 2 is 2.10 bits per heavy atom. The molecule has 2 N–H and O–H groups in total. The Kier molecular flexibility index (Phi) is 5.16. The van der Waals surface area contributed by atoms with Crippen LogP contribution in [0.25, 0.3) is 5.65 Å². The molecule has 0 aliphatic heterocycles. The molecule has 2 heterocycles. The second kappa shape index (κ2) is 6.88. The predicted octanol–water partition coefficient (Wildman–Crippen LogP) is 3.22. The fourth-order valence-electron chi connectivity index (χ4n) is 1.72. The van der Waals surface area contributed by atoms with Crippen LogP contribution in [0.2, 0.25) is 0 Å². The lowest BCUT2D eigenvalue weighted by atomic mass is 10.4. The second-order valence-electron chi connectivity index (χ2n) is 4.28. The van der Waals surface area contributed by atoms with E-state index in [0.717, 1.165) is 13.0 Å². The molecule has 0 aliphatic rings. The van der Waals surface area contributed by atoms with E-state index in [1.165, 1.54) is 0 Å². The van der Waals surface area contributed by atoms with Gasteiger partial charge in [-0.1, -0.05) is 6.92 Å². The average Bonchev–Trinajstić information content (AvgIpc) is 2.88. The van der Waals surface area contributed by atoms with Crippen molar-refractivity contribution in [1.29, 1.82) is 0 Å². The van der Waals surface area contributed by atoms with E-state index in [1.54, 1.807) is 23.0 Å². The molecule has 0 saturated carbocycles. The Morgan fingerprint density at radius 1 is 1.29 bits per heavy atom. The first-order valence-corrected chi connectivity index (χ1v) is 7.50. The van der Waals surface area contributed by atoms with E-state index in [4.69, 9.17) is 0 Å². The number of fused-ring (bicyclic) bond motifs is 1. The number of imidazole rings is 1. The molecular formula is C12H16F3N5S. The van der Waals surface area contributed by atoms with Gasteiger partial charge in [-0.3, -0.25) is 0 Å². The zero-order valence-corrected chi connectivity index (χ0v) is 12.3. The van der Waals surface area contributed by atoms with Crippen molar-refractivity contribution < 1.29 is 13.2 Å². The molecular weight excluding hydrogens is 303 g/mol. The lowest BCUT2D eigenvalue weighted by molar-refractivity contribution is -0.0327. The van der Waals surface area contributed by atoms with Crippen molar-refractivity contribution in [3.63, 3.8) is 0 Å². The lowest BCUT2D eigenvalue weighted by Gasteiger charge is -2.11. The first kappa shape index (κ1) is 15.7. The molecule has 9 heteroatoms. The van der Waals surface area contributed by atoms with Gasteiger partial charge in [0, 0.05) is 31.2 Å². The summed E-state index contributed by atoms with van der Waals surface area (Å²) in [6, 6.07) is 0. The van der Waals surface area contributed by atoms with Crippen LogP contribution >= 0.6 is 11.8 Å². The molecule has 0 radical (unpaired) electrons. The SMILES string of the molecule is CCCNc1cn2ccnc2c(NCCSC(F)(F)F)n1. The minimum Gasteiger partial charge on any atom is -0.369 e. The summed E-state index contributed by atoms with van der Waals surface area (Å²) in [5.41, 5.74) is -3.61. The third-order valence-corrected chi connectivity index (χ3v) is 3.33. The van der Waals surface area contributed by atoms with E-state index >= 15 is 0 Å². The zero-order valence-electron chi connectivity index (χ0n) is 11.4. The van der Waals surface area contributed by atoms with Crippen molar-refractivity contribution in [3.05, 3.63) is 18.6 Å². The lowest BCUT2D eigenvalue weighted by Crippen LogP contribution is -2.12. The predicted molar refractivity (Wildman–Crippen MR) is 78.8 cm³/mol. The zero-order chi connectivity index (χ0) is 15.3. The summed E-state index contributed by atoms with van der Waals surface area (Å²) < 4.78 is 38.0. The number of nitrogens with one attached hydrogen (secondary N) is 2. The molecule has 2 aromatic heterocycles. The number of alkyl halides is 3. The van der Waals surface area contributed by atoms with Crippen molar-refractivity contribution >= 4 is 29.0 Å². The van der Waals surface area contributed by atoms with Crippen LogP contribution in [0.3, 0.4) is 0 Å². The van der Waals surface area contributed by atoms with Crippen LogP contribution in [0.5, 0.6) is 0 Å². The number of rotatable bonds is 7. The molecule has 0 aliphatic carbocycles. The van der Waals surface area contributed by atoms with E-state index < -0.39 is 5.51 Å². The molecule has 5 nitrogen and oxygen atoms in total. The largest absolute Gasteiger partial charge is 0.441 e. The Morgan fingerprint density at radius 3 is 2.81 bits per heavy atom. The normalized spacial score (nSPS) is 11.8. The van der Waals surface area contributed by atoms with Gasteiger partial charge in [-0.05, 0) is 18.2 Å². The van der Waals surface area contributed by atoms with Gasteiger partial charge < -0.3 is 15.0 Å². The first-order chi connectivity index (χ1) is 9.99. The number of hydrogen-bond acceptors (Lipinski definition) is 5. The molecule has 0 bridgehead atoms. The molecule has 0 unspecified atom stereocenters. The van der Waals surface area contributed by atoms with Crippen molar-refractivity contribution in [1.82, 2.24) is 14.4 Å². The van der Waals surface area contributed by atoms with Crippen molar-refractivity contribution in [2.45, 2.75) is 18.9 Å². The van der Waals surface area contributed by atoms with Gasteiger partial charge in [0.15, 0.2) is 11.5 Å². The Labute approximate surface area is 124 Å². The highest BCUT2D eigenvalue weighted by molar-refractivity contribution is 8.00. The summed E-state index contributed by atoms with van der Waals surface area (Å²) in [6.07, 6.45) is 6.14. The smallest absolute Gasteiger partial charge is 0.369 e. The van der Waals surface area contributed by atoms with Gasteiger partial charge in [0.2, 0.25) is 0 Å². The summed E-state index contributed by atoms with van der Waals surface area (Å²) in [7, 11) is 0. The topological polar surface area (TPSA) is 54.2 Å². The van der Waals surface area contributed by atoms with Crippen LogP contribution in [0, 0.1) is 0 Å². The highest BCUT2D eigenvalue weighted by Crippen LogP contribution is 2.29. The second-order valence-corrected chi connectivity index (χ2v) is 5.44. The van der Waals surface area contributed by atoms with Crippen molar-refractivity contribution in [3.8, 4) is 0 Å². The molecule has 0 atom stereocenters. The third kappa shape index (κ3) is 4.69. The highest BCUT2D eigenvalue weighted by atomic mass is 32.2. The molecule has 2 aromatic rings. The molecule has 2 rings (SSSR count). The standard InChI is InChI=1S/C12H16F3N5S/c1-2-3-16-9-8-20-6-4-18-11(20)10(19-9)17-5-7-21-12(13,14)15/h4,6,8,16H,2-3,5,7H2,1H3,(H,17,19). The number of hydrogen-bond donors (Lipinski definition) is 2. The molecule has 0 saturated heterocycles. The van der Waals surface area contributed by atoms with E-state index in [0.29, 0.717) is 17.3 Å². The van der Waals surface area contributed by atoms with E-state index in [-0.39, 0.29) is 24.1 Å².